The zero-order valence-corrected chi connectivity index (χ0v) is 17.2. The molecular formula is C16H21BrCl2N2O2S. The lowest BCUT2D eigenvalue weighted by molar-refractivity contribution is 0.197. The van der Waals surface area contributed by atoms with Crippen LogP contribution in [-0.2, 0) is 0 Å². The Hall–Kier alpha value is -0.500. The van der Waals surface area contributed by atoms with Crippen LogP contribution in [0.1, 0.15) is 16.5 Å². The molecule has 1 fully saturated rings. The average molecular weight is 456 g/mol. The summed E-state index contributed by atoms with van der Waals surface area (Å²) in [5.74, 6) is 1.04. The Kier molecular flexibility index (Phi) is 8.84. The van der Waals surface area contributed by atoms with Crippen molar-refractivity contribution in [3.8, 4) is 11.5 Å². The second-order valence-corrected chi connectivity index (χ2v) is 7.08. The topological polar surface area (TPSA) is 44.7 Å². The smallest absolute Gasteiger partial charge is 0.135 e. The van der Waals surface area contributed by atoms with Gasteiger partial charge in [0.25, 0.3) is 0 Å². The highest BCUT2D eigenvalue weighted by Gasteiger charge is 2.28. The van der Waals surface area contributed by atoms with Gasteiger partial charge in [-0.3, -0.25) is 4.90 Å². The summed E-state index contributed by atoms with van der Waals surface area (Å²) in [6.45, 7) is 3.84. The van der Waals surface area contributed by atoms with Crippen LogP contribution in [0.25, 0.3) is 0 Å². The van der Waals surface area contributed by atoms with Gasteiger partial charge in [0.2, 0.25) is 0 Å². The summed E-state index contributed by atoms with van der Waals surface area (Å²) in [5, 5.41) is 16.0. The molecule has 1 saturated heterocycles. The number of rotatable bonds is 4. The Bertz CT molecular complexity index is 637. The van der Waals surface area contributed by atoms with Crippen LogP contribution in [0.3, 0.4) is 0 Å². The second kappa shape index (κ2) is 9.85. The molecule has 0 spiro atoms. The standard InChI is InChI=1S/C16H19BrN2O2S.2ClH/c1-21-11-9-12(16(20)13(17)10-11)15(14-3-2-8-22-14)19-6-4-18-5-7-19;;/h2-3,8-10,15,18,20H,4-7H2,1H3;2*1H/t15-;;/m1../s1. The van der Waals surface area contributed by atoms with Crippen molar-refractivity contribution in [3.05, 3.63) is 44.6 Å². The molecule has 0 bridgehead atoms. The quantitative estimate of drug-likeness (QED) is 0.729. The molecule has 2 N–H and O–H groups in total. The highest BCUT2D eigenvalue weighted by molar-refractivity contribution is 9.10. The van der Waals surface area contributed by atoms with Gasteiger partial charge in [-0.2, -0.15) is 0 Å². The van der Waals surface area contributed by atoms with Crippen LogP contribution in [0.4, 0.5) is 0 Å². The number of phenolic OH excluding ortho intramolecular Hbond substituents is 1. The third-order valence-electron chi connectivity index (χ3n) is 3.93. The molecule has 1 aliphatic rings. The van der Waals surface area contributed by atoms with Crippen LogP contribution in [0, 0.1) is 0 Å². The lowest BCUT2D eigenvalue weighted by atomic mass is 10.0. The lowest BCUT2D eigenvalue weighted by Gasteiger charge is -2.35. The third-order valence-corrected chi connectivity index (χ3v) is 5.46. The number of aromatic hydroxyl groups is 1. The van der Waals surface area contributed by atoms with Crippen LogP contribution in [0.2, 0.25) is 0 Å². The van der Waals surface area contributed by atoms with Crippen molar-refractivity contribution in [2.45, 2.75) is 6.04 Å². The summed E-state index contributed by atoms with van der Waals surface area (Å²) in [6.07, 6.45) is 0. The Balaban J connectivity index is 0.00000144. The summed E-state index contributed by atoms with van der Waals surface area (Å²) >= 11 is 5.15. The van der Waals surface area contributed by atoms with E-state index in [1.165, 1.54) is 4.88 Å². The maximum Gasteiger partial charge on any atom is 0.135 e. The maximum atomic E-state index is 10.6. The van der Waals surface area contributed by atoms with Crippen molar-refractivity contribution in [2.24, 2.45) is 0 Å². The van der Waals surface area contributed by atoms with Gasteiger partial charge in [-0.15, -0.1) is 36.2 Å². The van der Waals surface area contributed by atoms with Gasteiger partial charge in [0.1, 0.15) is 11.5 Å². The molecule has 0 amide bonds. The molecule has 2 heterocycles. The highest BCUT2D eigenvalue weighted by Crippen LogP contribution is 2.42. The molecule has 2 aromatic rings. The van der Waals surface area contributed by atoms with E-state index in [9.17, 15) is 5.11 Å². The fourth-order valence-electron chi connectivity index (χ4n) is 2.84. The minimum Gasteiger partial charge on any atom is -0.506 e. The predicted octanol–water partition coefficient (Wildman–Crippen LogP) is 4.06. The summed E-state index contributed by atoms with van der Waals surface area (Å²) in [4.78, 5) is 3.64. The van der Waals surface area contributed by atoms with Gasteiger partial charge in [0.15, 0.2) is 0 Å². The molecule has 0 aliphatic carbocycles. The van der Waals surface area contributed by atoms with Crippen molar-refractivity contribution < 1.29 is 9.84 Å². The van der Waals surface area contributed by atoms with Crippen molar-refractivity contribution in [2.75, 3.05) is 33.3 Å². The number of methoxy groups -OCH3 is 1. The minimum absolute atomic E-state index is 0. The summed E-state index contributed by atoms with van der Waals surface area (Å²) < 4.78 is 6.04. The highest BCUT2D eigenvalue weighted by atomic mass is 79.9. The van der Waals surface area contributed by atoms with E-state index < -0.39 is 0 Å². The number of phenols is 1. The Morgan fingerprint density at radius 1 is 1.29 bits per heavy atom. The molecule has 1 aliphatic heterocycles. The number of piperazine rings is 1. The largest absolute Gasteiger partial charge is 0.506 e. The second-order valence-electron chi connectivity index (χ2n) is 5.25. The number of benzene rings is 1. The van der Waals surface area contributed by atoms with Gasteiger partial charge in [-0.05, 0) is 39.5 Å². The number of halogens is 3. The van der Waals surface area contributed by atoms with Crippen molar-refractivity contribution in [3.63, 3.8) is 0 Å². The van der Waals surface area contributed by atoms with E-state index in [-0.39, 0.29) is 36.6 Å². The predicted molar refractivity (Wildman–Crippen MR) is 107 cm³/mol. The lowest BCUT2D eigenvalue weighted by Crippen LogP contribution is -2.45. The summed E-state index contributed by atoms with van der Waals surface area (Å²) in [5.41, 5.74) is 0.885. The van der Waals surface area contributed by atoms with E-state index in [1.54, 1.807) is 24.5 Å². The molecule has 0 saturated carbocycles. The van der Waals surface area contributed by atoms with E-state index in [4.69, 9.17) is 4.74 Å². The van der Waals surface area contributed by atoms with Crippen molar-refractivity contribution >= 4 is 52.1 Å². The molecule has 1 aromatic heterocycles. The molecule has 134 valence electrons. The number of nitrogens with one attached hydrogen (secondary N) is 1. The number of nitrogens with zero attached hydrogens (tertiary/aromatic N) is 1. The van der Waals surface area contributed by atoms with Crippen molar-refractivity contribution in [1.29, 1.82) is 0 Å². The zero-order valence-electron chi connectivity index (χ0n) is 13.2. The van der Waals surface area contributed by atoms with Crippen LogP contribution in [0.5, 0.6) is 11.5 Å². The van der Waals surface area contributed by atoms with E-state index >= 15 is 0 Å². The maximum absolute atomic E-state index is 10.6. The molecule has 4 nitrogen and oxygen atoms in total. The summed E-state index contributed by atoms with van der Waals surface area (Å²) in [6, 6.07) is 7.97. The monoisotopic (exact) mass is 454 g/mol. The molecule has 1 aromatic carbocycles. The minimum atomic E-state index is 0. The van der Waals surface area contributed by atoms with Crippen LogP contribution < -0.4 is 10.1 Å². The first-order chi connectivity index (χ1) is 10.7. The third kappa shape index (κ3) is 4.56. The number of hydrogen-bond acceptors (Lipinski definition) is 5. The first kappa shape index (κ1) is 21.5. The van der Waals surface area contributed by atoms with Gasteiger partial charge in [-0.1, -0.05) is 6.07 Å². The van der Waals surface area contributed by atoms with Gasteiger partial charge in [0, 0.05) is 36.6 Å². The van der Waals surface area contributed by atoms with E-state index in [2.05, 4.69) is 43.7 Å². The van der Waals surface area contributed by atoms with Gasteiger partial charge in [-0.25, -0.2) is 0 Å². The number of ether oxygens (including phenoxy) is 1. The van der Waals surface area contributed by atoms with E-state index in [0.717, 1.165) is 37.5 Å². The molecule has 1 atom stereocenters. The number of hydrogen-bond donors (Lipinski definition) is 2. The molecule has 0 unspecified atom stereocenters. The fraction of sp³-hybridized carbons (Fsp3) is 0.375. The fourth-order valence-corrected chi connectivity index (χ4v) is 4.17. The van der Waals surface area contributed by atoms with Crippen LogP contribution >= 0.6 is 52.1 Å². The van der Waals surface area contributed by atoms with Crippen LogP contribution in [0.15, 0.2) is 34.1 Å². The Morgan fingerprint density at radius 3 is 2.58 bits per heavy atom. The first-order valence-electron chi connectivity index (χ1n) is 7.25. The summed E-state index contributed by atoms with van der Waals surface area (Å²) in [7, 11) is 1.65. The number of thiophene rings is 1. The van der Waals surface area contributed by atoms with Gasteiger partial charge >= 0.3 is 0 Å². The molecular weight excluding hydrogens is 435 g/mol. The Morgan fingerprint density at radius 2 is 2.00 bits per heavy atom. The van der Waals surface area contributed by atoms with Gasteiger partial charge < -0.3 is 15.2 Å². The van der Waals surface area contributed by atoms with Gasteiger partial charge in [0.05, 0.1) is 17.6 Å². The van der Waals surface area contributed by atoms with Crippen molar-refractivity contribution in [1.82, 2.24) is 10.2 Å². The molecule has 24 heavy (non-hydrogen) atoms. The van der Waals surface area contributed by atoms with Crippen LogP contribution in [-0.4, -0.2) is 43.3 Å². The average Bonchev–Trinajstić information content (AvgIpc) is 3.06. The SMILES string of the molecule is COc1cc(Br)c(O)c([C@H](c2cccs2)N2CCNCC2)c1.Cl.Cl. The first-order valence-corrected chi connectivity index (χ1v) is 8.92. The molecule has 3 rings (SSSR count). The normalized spacial score (nSPS) is 15.9. The van der Waals surface area contributed by atoms with E-state index in [0.29, 0.717) is 4.47 Å². The molecule has 0 radical (unpaired) electrons. The van der Waals surface area contributed by atoms with E-state index in [1.807, 2.05) is 6.07 Å². The zero-order chi connectivity index (χ0) is 15.5. The Labute approximate surface area is 167 Å². The molecule has 8 heteroatoms.